The van der Waals surface area contributed by atoms with E-state index in [1.54, 1.807) is 17.0 Å². The summed E-state index contributed by atoms with van der Waals surface area (Å²) in [4.78, 5) is 14.0. The molecule has 0 aliphatic heterocycles. The van der Waals surface area contributed by atoms with E-state index in [4.69, 9.17) is 11.6 Å². The Labute approximate surface area is 141 Å². The summed E-state index contributed by atoms with van der Waals surface area (Å²) in [5.74, 6) is -0.492. The second kappa shape index (κ2) is 7.62. The Bertz CT molecular complexity index is 775. The van der Waals surface area contributed by atoms with E-state index in [0.29, 0.717) is 6.54 Å². The molecule has 0 saturated carbocycles. The molecule has 122 valence electrons. The molecule has 6 heteroatoms. The van der Waals surface area contributed by atoms with Gasteiger partial charge in [-0.3, -0.25) is 4.79 Å². The van der Waals surface area contributed by atoms with E-state index in [9.17, 15) is 13.2 Å². The van der Waals surface area contributed by atoms with E-state index in [-0.39, 0.29) is 28.0 Å². The van der Waals surface area contributed by atoms with Crippen molar-refractivity contribution in [3.8, 4) is 0 Å². The van der Waals surface area contributed by atoms with Crippen LogP contribution in [0, 0.1) is 0 Å². The number of hydrogen-bond acceptors (Lipinski definition) is 3. The minimum Gasteiger partial charge on any atom is -0.313 e. The summed E-state index contributed by atoms with van der Waals surface area (Å²) in [5.41, 5.74) is 0.759. The van der Waals surface area contributed by atoms with Crippen molar-refractivity contribution in [1.29, 1.82) is 0 Å². The summed E-state index contributed by atoms with van der Waals surface area (Å²) in [5, 5.41) is 0.176. The summed E-state index contributed by atoms with van der Waals surface area (Å²) in [6, 6.07) is 15.5. The van der Waals surface area contributed by atoms with Crippen molar-refractivity contribution in [1.82, 2.24) is 0 Å². The fraction of sp³-hybridized carbons (Fsp3) is 0.235. The molecule has 2 rings (SSSR count). The highest BCUT2D eigenvalue weighted by atomic mass is 35.5. The average molecular weight is 352 g/mol. The van der Waals surface area contributed by atoms with Gasteiger partial charge in [0.25, 0.3) is 0 Å². The van der Waals surface area contributed by atoms with Crippen LogP contribution in [0.1, 0.15) is 13.3 Å². The van der Waals surface area contributed by atoms with Crippen molar-refractivity contribution in [2.75, 3.05) is 17.2 Å². The van der Waals surface area contributed by atoms with E-state index in [1.165, 1.54) is 12.1 Å². The first kappa shape index (κ1) is 17.5. The first-order valence-corrected chi connectivity index (χ1v) is 9.31. The Morgan fingerprint density at radius 2 is 1.65 bits per heavy atom. The molecular weight excluding hydrogens is 334 g/mol. The molecule has 0 atom stereocenters. The predicted octanol–water partition coefficient (Wildman–Crippen LogP) is 3.56. The quantitative estimate of drug-likeness (QED) is 0.799. The van der Waals surface area contributed by atoms with Gasteiger partial charge in [0.15, 0.2) is 9.84 Å². The SMILES string of the molecule is CCN(C(=O)CCS(=O)(=O)c1ccccc1Cl)c1ccccc1. The number of carbonyl (C=O) groups is 1. The van der Waals surface area contributed by atoms with Crippen LogP contribution in [0.25, 0.3) is 0 Å². The lowest BCUT2D eigenvalue weighted by atomic mass is 10.2. The Morgan fingerprint density at radius 3 is 2.26 bits per heavy atom. The highest BCUT2D eigenvalue weighted by Gasteiger charge is 2.21. The fourth-order valence-corrected chi connectivity index (χ4v) is 4.08. The molecule has 0 spiro atoms. The molecule has 0 unspecified atom stereocenters. The lowest BCUT2D eigenvalue weighted by Crippen LogP contribution is -2.32. The van der Waals surface area contributed by atoms with Crippen LogP contribution in [0.15, 0.2) is 59.5 Å². The third-order valence-electron chi connectivity index (χ3n) is 3.44. The maximum atomic E-state index is 12.4. The summed E-state index contributed by atoms with van der Waals surface area (Å²) >= 11 is 5.94. The molecule has 0 aliphatic rings. The first-order valence-electron chi connectivity index (χ1n) is 7.28. The number of para-hydroxylation sites is 1. The minimum absolute atomic E-state index is 0.0669. The van der Waals surface area contributed by atoms with E-state index >= 15 is 0 Å². The number of halogens is 1. The largest absolute Gasteiger partial charge is 0.313 e. The van der Waals surface area contributed by atoms with Gasteiger partial charge < -0.3 is 4.90 Å². The van der Waals surface area contributed by atoms with Crippen LogP contribution in [0.3, 0.4) is 0 Å². The molecule has 1 amide bonds. The van der Waals surface area contributed by atoms with E-state index in [2.05, 4.69) is 0 Å². The third kappa shape index (κ3) is 4.33. The molecule has 0 heterocycles. The molecule has 0 aliphatic carbocycles. The Kier molecular flexibility index (Phi) is 5.80. The normalized spacial score (nSPS) is 11.2. The first-order chi connectivity index (χ1) is 11.0. The van der Waals surface area contributed by atoms with Gasteiger partial charge in [0.05, 0.1) is 15.7 Å². The predicted molar refractivity (Wildman–Crippen MR) is 92.6 cm³/mol. The number of hydrogen-bond donors (Lipinski definition) is 0. The maximum Gasteiger partial charge on any atom is 0.228 e. The zero-order valence-electron chi connectivity index (χ0n) is 12.8. The number of sulfone groups is 1. The summed E-state index contributed by atoms with van der Waals surface area (Å²) < 4.78 is 24.7. The van der Waals surface area contributed by atoms with Crippen molar-refractivity contribution in [2.45, 2.75) is 18.2 Å². The topological polar surface area (TPSA) is 54.5 Å². The van der Waals surface area contributed by atoms with Gasteiger partial charge >= 0.3 is 0 Å². The van der Waals surface area contributed by atoms with Gasteiger partial charge in [-0.15, -0.1) is 0 Å². The van der Waals surface area contributed by atoms with Crippen LogP contribution in [-0.4, -0.2) is 26.6 Å². The van der Waals surface area contributed by atoms with Gasteiger partial charge in [0, 0.05) is 18.7 Å². The highest BCUT2D eigenvalue weighted by molar-refractivity contribution is 7.91. The molecule has 2 aromatic carbocycles. The monoisotopic (exact) mass is 351 g/mol. The number of rotatable bonds is 6. The van der Waals surface area contributed by atoms with Crippen molar-refractivity contribution < 1.29 is 13.2 Å². The smallest absolute Gasteiger partial charge is 0.228 e. The van der Waals surface area contributed by atoms with Crippen LogP contribution in [-0.2, 0) is 14.6 Å². The molecule has 4 nitrogen and oxygen atoms in total. The third-order valence-corrected chi connectivity index (χ3v) is 5.65. The molecular formula is C17H18ClNO3S. The number of carbonyl (C=O) groups excluding carboxylic acids is 1. The summed E-state index contributed by atoms with van der Waals surface area (Å²) in [6.45, 7) is 2.34. The highest BCUT2D eigenvalue weighted by Crippen LogP contribution is 2.23. The van der Waals surface area contributed by atoms with Gasteiger partial charge in [0.1, 0.15) is 0 Å². The van der Waals surface area contributed by atoms with Gasteiger partial charge in [-0.25, -0.2) is 8.42 Å². The molecule has 0 bridgehead atoms. The van der Waals surface area contributed by atoms with E-state index in [1.807, 2.05) is 37.3 Å². The van der Waals surface area contributed by atoms with Crippen molar-refractivity contribution in [2.24, 2.45) is 0 Å². The second-order valence-electron chi connectivity index (χ2n) is 4.97. The number of amides is 1. The van der Waals surface area contributed by atoms with Crippen LogP contribution in [0.2, 0.25) is 5.02 Å². The van der Waals surface area contributed by atoms with Gasteiger partial charge in [-0.05, 0) is 31.2 Å². The number of benzene rings is 2. The van der Waals surface area contributed by atoms with Crippen LogP contribution < -0.4 is 4.90 Å². The Hall–Kier alpha value is -1.85. The van der Waals surface area contributed by atoms with E-state index < -0.39 is 9.84 Å². The van der Waals surface area contributed by atoms with Gasteiger partial charge in [-0.1, -0.05) is 41.9 Å². The maximum absolute atomic E-state index is 12.4. The fourth-order valence-electron chi connectivity index (χ4n) is 2.27. The molecule has 0 fully saturated rings. The van der Waals surface area contributed by atoms with E-state index in [0.717, 1.165) is 5.69 Å². The minimum atomic E-state index is -3.59. The van der Waals surface area contributed by atoms with Crippen molar-refractivity contribution in [3.05, 3.63) is 59.6 Å². The zero-order valence-corrected chi connectivity index (χ0v) is 14.3. The molecule has 0 radical (unpaired) electrons. The Balaban J connectivity index is 2.10. The lowest BCUT2D eigenvalue weighted by molar-refractivity contribution is -0.118. The molecule has 0 saturated heterocycles. The zero-order chi connectivity index (χ0) is 16.9. The molecule has 23 heavy (non-hydrogen) atoms. The second-order valence-corrected chi connectivity index (χ2v) is 7.46. The van der Waals surface area contributed by atoms with Crippen LogP contribution in [0.5, 0.6) is 0 Å². The van der Waals surface area contributed by atoms with Crippen LogP contribution in [0.4, 0.5) is 5.69 Å². The number of anilines is 1. The summed E-state index contributed by atoms with van der Waals surface area (Å²) in [7, 11) is -3.59. The molecule has 0 N–H and O–H groups in total. The van der Waals surface area contributed by atoms with Crippen LogP contribution >= 0.6 is 11.6 Å². The van der Waals surface area contributed by atoms with Crippen molar-refractivity contribution >= 4 is 33.0 Å². The average Bonchev–Trinajstić information content (AvgIpc) is 2.55. The Morgan fingerprint density at radius 1 is 1.04 bits per heavy atom. The lowest BCUT2D eigenvalue weighted by Gasteiger charge is -2.21. The van der Waals surface area contributed by atoms with Crippen molar-refractivity contribution in [3.63, 3.8) is 0 Å². The standard InChI is InChI=1S/C17H18ClNO3S/c1-2-19(14-8-4-3-5-9-14)17(20)12-13-23(21,22)16-11-7-6-10-15(16)18/h3-11H,2,12-13H2,1H3. The molecule has 2 aromatic rings. The molecule has 0 aromatic heterocycles. The summed E-state index contributed by atoms with van der Waals surface area (Å²) in [6.07, 6.45) is -0.0870. The van der Waals surface area contributed by atoms with Gasteiger partial charge in [0.2, 0.25) is 5.91 Å². The van der Waals surface area contributed by atoms with Gasteiger partial charge in [-0.2, -0.15) is 0 Å². The number of nitrogens with zero attached hydrogens (tertiary/aromatic N) is 1.